The number of aromatic nitrogens is 1. The molecule has 0 bridgehead atoms. The maximum absolute atomic E-state index is 3.58. The molecule has 0 saturated carbocycles. The Morgan fingerprint density at radius 1 is 0.417 bits per heavy atom. The number of hydrogen-bond donors (Lipinski definition) is 0. The Kier molecular flexibility index (Phi) is 5.00. The summed E-state index contributed by atoms with van der Waals surface area (Å²) >= 11 is 3.58. The monoisotopic (exact) mass is 523 g/mol. The molecule has 0 aliphatic rings. The zero-order chi connectivity index (χ0) is 24.1. The summed E-state index contributed by atoms with van der Waals surface area (Å²) in [7, 11) is 0. The fraction of sp³-hybridized carbons (Fsp3) is 0. The van der Waals surface area contributed by atoms with Crippen molar-refractivity contribution in [2.45, 2.75) is 0 Å². The molecule has 0 saturated heterocycles. The van der Waals surface area contributed by atoms with Crippen LogP contribution < -0.4 is 0 Å². The van der Waals surface area contributed by atoms with Crippen LogP contribution in [0, 0.1) is 0 Å². The van der Waals surface area contributed by atoms with Gasteiger partial charge < -0.3 is 4.57 Å². The van der Waals surface area contributed by atoms with Crippen LogP contribution in [0.5, 0.6) is 0 Å². The Balaban J connectivity index is 1.40. The first-order chi connectivity index (χ1) is 17.7. The number of halogens is 1. The van der Waals surface area contributed by atoms with Crippen LogP contribution in [-0.4, -0.2) is 4.57 Å². The standard InChI is InChI=1S/C34H22BrN/c35-29-9-5-8-26(20-29)24-12-14-25(15-13-24)28-17-19-32-31-10-3-4-11-33(31)36(34(32)22-28)30-18-16-23-6-1-2-7-27(23)21-30/h1-22H. The molecular weight excluding hydrogens is 502 g/mol. The fourth-order valence-corrected chi connectivity index (χ4v) is 5.67. The van der Waals surface area contributed by atoms with Gasteiger partial charge in [-0.2, -0.15) is 0 Å². The number of para-hydroxylation sites is 1. The number of nitrogens with zero attached hydrogens (tertiary/aromatic N) is 1. The Labute approximate surface area is 218 Å². The average molecular weight is 524 g/mol. The summed E-state index contributed by atoms with van der Waals surface area (Å²) in [5, 5.41) is 5.05. The summed E-state index contributed by atoms with van der Waals surface area (Å²) in [6.07, 6.45) is 0. The van der Waals surface area contributed by atoms with Crippen LogP contribution >= 0.6 is 15.9 Å². The minimum Gasteiger partial charge on any atom is -0.309 e. The molecule has 0 aliphatic carbocycles. The number of fused-ring (bicyclic) bond motifs is 4. The average Bonchev–Trinajstić information content (AvgIpc) is 3.26. The molecule has 0 N–H and O–H groups in total. The van der Waals surface area contributed by atoms with E-state index in [1.807, 2.05) is 0 Å². The lowest BCUT2D eigenvalue weighted by Crippen LogP contribution is -1.94. The van der Waals surface area contributed by atoms with E-state index < -0.39 is 0 Å². The quantitative estimate of drug-likeness (QED) is 0.217. The topological polar surface area (TPSA) is 4.93 Å². The molecule has 1 nitrogen and oxygen atoms in total. The number of benzene rings is 6. The lowest BCUT2D eigenvalue weighted by molar-refractivity contribution is 1.19. The smallest absolute Gasteiger partial charge is 0.0547 e. The molecule has 0 amide bonds. The van der Waals surface area contributed by atoms with E-state index in [-0.39, 0.29) is 0 Å². The largest absolute Gasteiger partial charge is 0.309 e. The number of hydrogen-bond acceptors (Lipinski definition) is 0. The van der Waals surface area contributed by atoms with Crippen LogP contribution in [0.15, 0.2) is 138 Å². The molecule has 0 aliphatic heterocycles. The van der Waals surface area contributed by atoms with Crippen molar-refractivity contribution in [2.75, 3.05) is 0 Å². The van der Waals surface area contributed by atoms with Crippen LogP contribution in [0.4, 0.5) is 0 Å². The highest BCUT2D eigenvalue weighted by atomic mass is 79.9. The molecule has 0 spiro atoms. The highest BCUT2D eigenvalue weighted by Crippen LogP contribution is 2.36. The first-order valence-corrected chi connectivity index (χ1v) is 12.9. The van der Waals surface area contributed by atoms with Crippen molar-refractivity contribution in [2.24, 2.45) is 0 Å². The van der Waals surface area contributed by atoms with Gasteiger partial charge in [-0.1, -0.05) is 113 Å². The molecule has 0 atom stereocenters. The van der Waals surface area contributed by atoms with Crippen molar-refractivity contribution in [1.82, 2.24) is 4.57 Å². The summed E-state index contributed by atoms with van der Waals surface area (Å²) in [5.41, 5.74) is 8.49. The second-order valence-electron chi connectivity index (χ2n) is 9.20. The zero-order valence-corrected chi connectivity index (χ0v) is 21.1. The minimum absolute atomic E-state index is 1.09. The van der Waals surface area contributed by atoms with E-state index >= 15 is 0 Å². The Hall–Kier alpha value is -4.14. The van der Waals surface area contributed by atoms with Crippen LogP contribution in [0.2, 0.25) is 0 Å². The lowest BCUT2D eigenvalue weighted by Gasteiger charge is -2.11. The van der Waals surface area contributed by atoms with E-state index in [1.165, 1.54) is 60.5 Å². The Morgan fingerprint density at radius 2 is 1.08 bits per heavy atom. The van der Waals surface area contributed by atoms with Gasteiger partial charge in [-0.25, -0.2) is 0 Å². The van der Waals surface area contributed by atoms with E-state index in [1.54, 1.807) is 0 Å². The van der Waals surface area contributed by atoms with Crippen molar-refractivity contribution in [3.8, 4) is 27.9 Å². The van der Waals surface area contributed by atoms with Gasteiger partial charge in [-0.3, -0.25) is 0 Å². The van der Waals surface area contributed by atoms with Crippen LogP contribution in [0.1, 0.15) is 0 Å². The van der Waals surface area contributed by atoms with Crippen molar-refractivity contribution in [3.05, 3.63) is 138 Å². The van der Waals surface area contributed by atoms with Crippen molar-refractivity contribution >= 4 is 48.5 Å². The summed E-state index contributed by atoms with van der Waals surface area (Å²) < 4.78 is 3.49. The highest BCUT2D eigenvalue weighted by Gasteiger charge is 2.13. The third-order valence-corrected chi connectivity index (χ3v) is 7.53. The van der Waals surface area contributed by atoms with Gasteiger partial charge in [0.05, 0.1) is 11.0 Å². The van der Waals surface area contributed by atoms with Gasteiger partial charge in [0, 0.05) is 20.9 Å². The highest BCUT2D eigenvalue weighted by molar-refractivity contribution is 9.10. The van der Waals surface area contributed by atoms with Crippen molar-refractivity contribution in [1.29, 1.82) is 0 Å². The molecule has 0 radical (unpaired) electrons. The summed E-state index contributed by atoms with van der Waals surface area (Å²) in [6, 6.07) is 48.1. The second kappa shape index (κ2) is 8.51. The predicted octanol–water partition coefficient (Wildman–Crippen LogP) is 10.0. The molecule has 170 valence electrons. The molecule has 6 aromatic carbocycles. The second-order valence-corrected chi connectivity index (χ2v) is 10.1. The molecule has 36 heavy (non-hydrogen) atoms. The van der Waals surface area contributed by atoms with E-state index in [2.05, 4.69) is 154 Å². The molecule has 2 heteroatoms. The van der Waals surface area contributed by atoms with E-state index in [4.69, 9.17) is 0 Å². The van der Waals surface area contributed by atoms with E-state index in [9.17, 15) is 0 Å². The summed E-state index contributed by atoms with van der Waals surface area (Å²) in [6.45, 7) is 0. The maximum Gasteiger partial charge on any atom is 0.0547 e. The molecule has 7 aromatic rings. The van der Waals surface area contributed by atoms with E-state index in [0.29, 0.717) is 0 Å². The van der Waals surface area contributed by atoms with E-state index in [0.717, 1.165) is 4.47 Å². The lowest BCUT2D eigenvalue weighted by atomic mass is 9.99. The third-order valence-electron chi connectivity index (χ3n) is 7.04. The molecule has 0 fully saturated rings. The van der Waals surface area contributed by atoms with Crippen LogP contribution in [0.25, 0.3) is 60.5 Å². The zero-order valence-electron chi connectivity index (χ0n) is 19.5. The maximum atomic E-state index is 3.58. The van der Waals surface area contributed by atoms with Gasteiger partial charge in [-0.05, 0) is 69.4 Å². The minimum atomic E-state index is 1.09. The van der Waals surface area contributed by atoms with Crippen LogP contribution in [0.3, 0.4) is 0 Å². The molecule has 1 heterocycles. The van der Waals surface area contributed by atoms with Gasteiger partial charge >= 0.3 is 0 Å². The van der Waals surface area contributed by atoms with Gasteiger partial charge in [0.25, 0.3) is 0 Å². The first-order valence-electron chi connectivity index (χ1n) is 12.1. The van der Waals surface area contributed by atoms with Gasteiger partial charge in [0.2, 0.25) is 0 Å². The SMILES string of the molecule is Brc1cccc(-c2ccc(-c3ccc4c5ccccc5n(-c5ccc6ccccc6c5)c4c3)cc2)c1. The van der Waals surface area contributed by atoms with Crippen molar-refractivity contribution in [3.63, 3.8) is 0 Å². The fourth-order valence-electron chi connectivity index (χ4n) is 5.27. The first kappa shape index (κ1) is 21.2. The number of rotatable bonds is 3. The van der Waals surface area contributed by atoms with Gasteiger partial charge in [0.15, 0.2) is 0 Å². The van der Waals surface area contributed by atoms with Crippen molar-refractivity contribution < 1.29 is 0 Å². The third kappa shape index (κ3) is 3.54. The van der Waals surface area contributed by atoms with Gasteiger partial charge in [0.1, 0.15) is 0 Å². The normalized spacial score (nSPS) is 11.5. The Morgan fingerprint density at radius 3 is 1.89 bits per heavy atom. The summed E-state index contributed by atoms with van der Waals surface area (Å²) in [4.78, 5) is 0. The molecule has 1 aromatic heterocycles. The van der Waals surface area contributed by atoms with Crippen LogP contribution in [-0.2, 0) is 0 Å². The van der Waals surface area contributed by atoms with Gasteiger partial charge in [-0.15, -0.1) is 0 Å². The molecule has 7 rings (SSSR count). The molecule has 0 unspecified atom stereocenters. The predicted molar refractivity (Wildman–Crippen MR) is 157 cm³/mol. The Bertz CT molecular complexity index is 1890. The summed E-state index contributed by atoms with van der Waals surface area (Å²) in [5.74, 6) is 0. The molecular formula is C34H22BrN.